The first-order valence-electron chi connectivity index (χ1n) is 5.64. The van der Waals surface area contributed by atoms with E-state index in [1.165, 1.54) is 19.2 Å². The molecule has 0 unspecified atom stereocenters. The summed E-state index contributed by atoms with van der Waals surface area (Å²) < 4.78 is 4.42. The van der Waals surface area contributed by atoms with Crippen LogP contribution >= 0.6 is 0 Å². The van der Waals surface area contributed by atoms with E-state index in [1.54, 1.807) is 13.0 Å². The summed E-state index contributed by atoms with van der Waals surface area (Å²) in [5.74, 6) is -2.04. The Hall–Kier alpha value is -2.37. The largest absolute Gasteiger partial charge is 0.478 e. The number of aromatic carboxylic acids is 1. The van der Waals surface area contributed by atoms with Crippen molar-refractivity contribution < 1.29 is 24.2 Å². The second-order valence-electron chi connectivity index (χ2n) is 3.98. The van der Waals surface area contributed by atoms with Crippen molar-refractivity contribution in [2.75, 3.05) is 12.4 Å². The van der Waals surface area contributed by atoms with Gasteiger partial charge in [-0.2, -0.15) is 0 Å². The second-order valence-corrected chi connectivity index (χ2v) is 3.98. The third-order valence-corrected chi connectivity index (χ3v) is 2.46. The summed E-state index contributed by atoms with van der Waals surface area (Å²) >= 11 is 0. The molecule has 0 radical (unpaired) electrons. The van der Waals surface area contributed by atoms with Crippen LogP contribution in [-0.2, 0) is 14.3 Å². The van der Waals surface area contributed by atoms with Gasteiger partial charge in [-0.25, -0.2) is 4.79 Å². The van der Waals surface area contributed by atoms with E-state index in [0.29, 0.717) is 0 Å². The van der Waals surface area contributed by atoms with Gasteiger partial charge in [-0.05, 0) is 19.1 Å². The van der Waals surface area contributed by atoms with Gasteiger partial charge in [0, 0.05) is 6.42 Å². The average molecular weight is 265 g/mol. The highest BCUT2D eigenvalue weighted by Gasteiger charge is 2.13. The molecule has 0 aliphatic rings. The fourth-order valence-corrected chi connectivity index (χ4v) is 1.47. The Morgan fingerprint density at radius 3 is 2.53 bits per heavy atom. The number of methoxy groups -OCH3 is 1. The minimum atomic E-state index is -1.12. The van der Waals surface area contributed by atoms with Crippen LogP contribution in [-0.4, -0.2) is 30.1 Å². The average Bonchev–Trinajstić information content (AvgIpc) is 2.37. The summed E-state index contributed by atoms with van der Waals surface area (Å²) in [6.07, 6.45) is -0.101. The fourth-order valence-electron chi connectivity index (χ4n) is 1.47. The van der Waals surface area contributed by atoms with Crippen LogP contribution in [0.3, 0.4) is 0 Å². The van der Waals surface area contributed by atoms with Gasteiger partial charge in [0.15, 0.2) is 0 Å². The Balaban J connectivity index is 2.74. The summed E-state index contributed by atoms with van der Waals surface area (Å²) in [5, 5.41) is 11.5. The van der Waals surface area contributed by atoms with E-state index >= 15 is 0 Å². The molecular weight excluding hydrogens is 250 g/mol. The maximum atomic E-state index is 11.6. The van der Waals surface area contributed by atoms with Crippen molar-refractivity contribution in [1.82, 2.24) is 0 Å². The Morgan fingerprint density at radius 2 is 1.95 bits per heavy atom. The molecule has 0 aromatic heterocycles. The maximum absolute atomic E-state index is 11.6. The lowest BCUT2D eigenvalue weighted by atomic mass is 10.1. The van der Waals surface area contributed by atoms with Gasteiger partial charge in [0.25, 0.3) is 0 Å². The van der Waals surface area contributed by atoms with E-state index in [4.69, 9.17) is 5.11 Å². The van der Waals surface area contributed by atoms with Crippen molar-refractivity contribution >= 4 is 23.5 Å². The highest BCUT2D eigenvalue weighted by molar-refractivity contribution is 6.01. The minimum absolute atomic E-state index is 0.0198. The molecule has 0 atom stereocenters. The number of nitrogens with one attached hydrogen (secondary N) is 1. The predicted octanol–water partition coefficient (Wildman–Crippen LogP) is 1.58. The maximum Gasteiger partial charge on any atom is 0.337 e. The topological polar surface area (TPSA) is 92.7 Å². The first kappa shape index (κ1) is 14.7. The van der Waals surface area contributed by atoms with Crippen molar-refractivity contribution in [3.63, 3.8) is 0 Å². The summed E-state index contributed by atoms with van der Waals surface area (Å²) in [7, 11) is 1.24. The predicted molar refractivity (Wildman–Crippen MR) is 68.0 cm³/mol. The Morgan fingerprint density at radius 1 is 1.26 bits per heavy atom. The van der Waals surface area contributed by atoms with Gasteiger partial charge < -0.3 is 15.2 Å². The number of anilines is 1. The van der Waals surface area contributed by atoms with E-state index in [0.717, 1.165) is 5.56 Å². The Kier molecular flexibility index (Phi) is 5.05. The first-order chi connectivity index (χ1) is 8.93. The number of amides is 1. The van der Waals surface area contributed by atoms with E-state index in [1.807, 2.05) is 0 Å². The number of benzene rings is 1. The standard InChI is InChI=1S/C13H15NO5/c1-8-3-4-10(9(7-8)13(17)18)14-11(15)5-6-12(16)19-2/h3-4,7H,5-6H2,1-2H3,(H,14,15)(H,17,18). The van der Waals surface area contributed by atoms with Crippen LogP contribution in [0.25, 0.3) is 0 Å². The highest BCUT2D eigenvalue weighted by atomic mass is 16.5. The zero-order valence-electron chi connectivity index (χ0n) is 10.7. The first-order valence-corrected chi connectivity index (χ1v) is 5.64. The van der Waals surface area contributed by atoms with Gasteiger partial charge in [0.2, 0.25) is 5.91 Å². The number of carboxylic acid groups (broad SMARTS) is 1. The highest BCUT2D eigenvalue weighted by Crippen LogP contribution is 2.17. The molecule has 0 aliphatic carbocycles. The molecule has 1 rings (SSSR count). The molecule has 2 N–H and O–H groups in total. The van der Waals surface area contributed by atoms with Crippen LogP contribution in [0.15, 0.2) is 18.2 Å². The summed E-state index contributed by atoms with van der Waals surface area (Å²) in [6.45, 7) is 1.76. The van der Waals surface area contributed by atoms with Gasteiger partial charge in [0.1, 0.15) is 0 Å². The van der Waals surface area contributed by atoms with Gasteiger partial charge in [-0.1, -0.05) is 11.6 Å². The summed E-state index contributed by atoms with van der Waals surface area (Å²) in [4.78, 5) is 33.5. The van der Waals surface area contributed by atoms with Crippen molar-refractivity contribution in [3.05, 3.63) is 29.3 Å². The number of rotatable bonds is 5. The number of esters is 1. The van der Waals surface area contributed by atoms with Crippen molar-refractivity contribution in [2.24, 2.45) is 0 Å². The number of hydrogen-bond acceptors (Lipinski definition) is 4. The number of carboxylic acids is 1. The van der Waals surface area contributed by atoms with Crippen LogP contribution in [0.4, 0.5) is 5.69 Å². The second kappa shape index (κ2) is 6.53. The third kappa shape index (κ3) is 4.42. The van der Waals surface area contributed by atoms with Crippen LogP contribution < -0.4 is 5.32 Å². The summed E-state index contributed by atoms with van der Waals surface area (Å²) in [5.41, 5.74) is 1.02. The van der Waals surface area contributed by atoms with E-state index in [2.05, 4.69) is 10.1 Å². The van der Waals surface area contributed by atoms with Crippen molar-refractivity contribution in [1.29, 1.82) is 0 Å². The third-order valence-electron chi connectivity index (χ3n) is 2.46. The van der Waals surface area contributed by atoms with Crippen LogP contribution in [0, 0.1) is 6.92 Å². The van der Waals surface area contributed by atoms with Gasteiger partial charge in [0.05, 0.1) is 24.8 Å². The molecule has 1 aromatic carbocycles. The molecule has 0 bridgehead atoms. The van der Waals surface area contributed by atoms with E-state index in [-0.39, 0.29) is 24.1 Å². The molecule has 0 spiro atoms. The zero-order valence-corrected chi connectivity index (χ0v) is 10.7. The van der Waals surface area contributed by atoms with Gasteiger partial charge in [-0.15, -0.1) is 0 Å². The monoisotopic (exact) mass is 265 g/mol. The molecule has 6 nitrogen and oxygen atoms in total. The SMILES string of the molecule is COC(=O)CCC(=O)Nc1ccc(C)cc1C(=O)O. The molecule has 102 valence electrons. The molecule has 0 fully saturated rings. The molecule has 19 heavy (non-hydrogen) atoms. The number of hydrogen-bond donors (Lipinski definition) is 2. The number of carbonyl (C=O) groups excluding carboxylic acids is 2. The fraction of sp³-hybridized carbons (Fsp3) is 0.308. The lowest BCUT2D eigenvalue weighted by Crippen LogP contribution is -2.16. The van der Waals surface area contributed by atoms with Crippen LogP contribution in [0.5, 0.6) is 0 Å². The number of ether oxygens (including phenoxy) is 1. The molecule has 0 saturated carbocycles. The molecule has 0 heterocycles. The summed E-state index contributed by atoms with van der Waals surface area (Å²) in [6, 6.07) is 4.69. The quantitative estimate of drug-likeness (QED) is 0.788. The Labute approximate surface area is 110 Å². The van der Waals surface area contributed by atoms with Crippen molar-refractivity contribution in [2.45, 2.75) is 19.8 Å². The Bertz CT molecular complexity index is 510. The molecule has 0 saturated heterocycles. The van der Waals surface area contributed by atoms with Gasteiger partial charge in [-0.3, -0.25) is 9.59 Å². The van der Waals surface area contributed by atoms with Crippen molar-refractivity contribution in [3.8, 4) is 0 Å². The number of carbonyl (C=O) groups is 3. The van der Waals surface area contributed by atoms with E-state index in [9.17, 15) is 14.4 Å². The molecule has 1 amide bonds. The normalized spacial score (nSPS) is 9.79. The smallest absolute Gasteiger partial charge is 0.337 e. The zero-order chi connectivity index (χ0) is 14.4. The molecule has 6 heteroatoms. The molecule has 0 aliphatic heterocycles. The van der Waals surface area contributed by atoms with Gasteiger partial charge >= 0.3 is 11.9 Å². The minimum Gasteiger partial charge on any atom is -0.478 e. The number of aryl methyl sites for hydroxylation is 1. The molecule has 1 aromatic rings. The van der Waals surface area contributed by atoms with Crippen LogP contribution in [0.2, 0.25) is 0 Å². The van der Waals surface area contributed by atoms with E-state index < -0.39 is 17.8 Å². The molecular formula is C13H15NO5. The lowest BCUT2D eigenvalue weighted by molar-refractivity contribution is -0.141. The lowest BCUT2D eigenvalue weighted by Gasteiger charge is -2.09. The van der Waals surface area contributed by atoms with Crippen LogP contribution in [0.1, 0.15) is 28.8 Å².